The van der Waals surface area contributed by atoms with Crippen molar-refractivity contribution in [2.45, 2.75) is 53.6 Å². The first kappa shape index (κ1) is 25.6. The number of hydrogen-bond donors (Lipinski definition) is 1. The molecule has 0 bridgehead atoms. The van der Waals surface area contributed by atoms with Crippen molar-refractivity contribution in [1.82, 2.24) is 10.2 Å². The van der Waals surface area contributed by atoms with Gasteiger partial charge in [-0.25, -0.2) is 4.79 Å². The predicted molar refractivity (Wildman–Crippen MR) is 118 cm³/mol. The van der Waals surface area contributed by atoms with Crippen LogP contribution < -0.4 is 14.8 Å². The predicted octanol–water partition coefficient (Wildman–Crippen LogP) is 3.89. The first-order valence-corrected chi connectivity index (χ1v) is 10.4. The van der Waals surface area contributed by atoms with Crippen LogP contribution in [0.5, 0.6) is 11.5 Å². The number of benzene rings is 1. The maximum absolute atomic E-state index is 12.4. The molecule has 0 aliphatic carbocycles. The Morgan fingerprint density at radius 1 is 1.07 bits per heavy atom. The van der Waals surface area contributed by atoms with E-state index in [1.807, 2.05) is 52.8 Å². The maximum Gasteiger partial charge on any atom is 0.410 e. The minimum Gasteiger partial charge on any atom is -0.493 e. The van der Waals surface area contributed by atoms with Crippen molar-refractivity contribution in [1.29, 1.82) is 0 Å². The quantitative estimate of drug-likeness (QED) is 0.619. The van der Waals surface area contributed by atoms with Gasteiger partial charge < -0.3 is 19.5 Å². The van der Waals surface area contributed by atoms with Gasteiger partial charge >= 0.3 is 6.09 Å². The molecule has 0 saturated carbocycles. The zero-order valence-electron chi connectivity index (χ0n) is 19.7. The lowest BCUT2D eigenvalue weighted by atomic mass is 10.0. The Bertz CT molecular complexity index is 697. The Hall–Kier alpha value is -2.44. The van der Waals surface area contributed by atoms with E-state index in [1.165, 1.54) is 4.90 Å². The molecule has 1 atom stereocenters. The molecule has 7 nitrogen and oxygen atoms in total. The van der Waals surface area contributed by atoms with Crippen LogP contribution in [0, 0.1) is 11.8 Å². The molecule has 1 aromatic carbocycles. The van der Waals surface area contributed by atoms with Gasteiger partial charge in [-0.2, -0.15) is 0 Å². The van der Waals surface area contributed by atoms with Crippen LogP contribution in [0.3, 0.4) is 0 Å². The summed E-state index contributed by atoms with van der Waals surface area (Å²) in [6, 6.07) is 5.82. The number of carbonyl (C=O) groups excluding carboxylic acids is 2. The van der Waals surface area contributed by atoms with E-state index in [9.17, 15) is 9.59 Å². The minimum absolute atomic E-state index is 0.0177. The zero-order chi connectivity index (χ0) is 22.9. The summed E-state index contributed by atoms with van der Waals surface area (Å²) < 4.78 is 16.0. The van der Waals surface area contributed by atoms with Gasteiger partial charge in [-0.3, -0.25) is 9.69 Å². The second-order valence-corrected chi connectivity index (χ2v) is 9.06. The van der Waals surface area contributed by atoms with Gasteiger partial charge in [0.05, 0.1) is 14.2 Å². The SMILES string of the molecule is COc1ccc(C[C@H](C)CNC(=O)CN(CC(C)C)C(=O)OC(C)(C)C)cc1OC. The van der Waals surface area contributed by atoms with Gasteiger partial charge in [-0.05, 0) is 56.7 Å². The summed E-state index contributed by atoms with van der Waals surface area (Å²) in [5.41, 5.74) is 0.501. The number of methoxy groups -OCH3 is 2. The summed E-state index contributed by atoms with van der Waals surface area (Å²) in [4.78, 5) is 26.3. The van der Waals surface area contributed by atoms with Crippen LogP contribution in [0.2, 0.25) is 0 Å². The van der Waals surface area contributed by atoms with Crippen LogP contribution in [-0.4, -0.2) is 56.4 Å². The molecule has 30 heavy (non-hydrogen) atoms. The molecule has 0 heterocycles. The highest BCUT2D eigenvalue weighted by Gasteiger charge is 2.24. The smallest absolute Gasteiger partial charge is 0.410 e. The summed E-state index contributed by atoms with van der Waals surface area (Å²) in [6.07, 6.45) is 0.312. The minimum atomic E-state index is -0.600. The molecule has 1 aromatic rings. The van der Waals surface area contributed by atoms with Crippen molar-refractivity contribution in [3.8, 4) is 11.5 Å². The molecule has 0 aliphatic heterocycles. The van der Waals surface area contributed by atoms with Gasteiger partial charge in [0.1, 0.15) is 12.1 Å². The fraction of sp³-hybridized carbons (Fsp3) is 0.652. The van der Waals surface area contributed by atoms with E-state index in [4.69, 9.17) is 14.2 Å². The molecule has 0 radical (unpaired) electrons. The highest BCUT2D eigenvalue weighted by atomic mass is 16.6. The average Bonchev–Trinajstić information content (AvgIpc) is 2.64. The van der Waals surface area contributed by atoms with Crippen molar-refractivity contribution < 1.29 is 23.8 Å². The molecule has 170 valence electrons. The molecular formula is C23H38N2O5. The summed E-state index contributed by atoms with van der Waals surface area (Å²) >= 11 is 0. The van der Waals surface area contributed by atoms with Gasteiger partial charge in [0.15, 0.2) is 11.5 Å². The summed E-state index contributed by atoms with van der Waals surface area (Å²) in [5, 5.41) is 2.93. The Kier molecular flexibility index (Phi) is 9.96. The van der Waals surface area contributed by atoms with Crippen LogP contribution in [0.1, 0.15) is 47.1 Å². The summed E-state index contributed by atoms with van der Waals surface area (Å²) in [6.45, 7) is 12.5. The monoisotopic (exact) mass is 422 g/mol. The molecule has 1 rings (SSSR count). The van der Waals surface area contributed by atoms with Crippen molar-refractivity contribution in [2.24, 2.45) is 11.8 Å². The molecule has 0 saturated heterocycles. The summed E-state index contributed by atoms with van der Waals surface area (Å²) in [7, 11) is 3.22. The Labute approximate surface area is 181 Å². The third kappa shape index (κ3) is 9.37. The van der Waals surface area contributed by atoms with Gasteiger partial charge in [0.25, 0.3) is 0 Å². The third-order valence-corrected chi connectivity index (χ3v) is 4.25. The van der Waals surface area contributed by atoms with E-state index in [0.29, 0.717) is 24.6 Å². The fourth-order valence-corrected chi connectivity index (χ4v) is 2.97. The number of nitrogens with zero attached hydrogens (tertiary/aromatic N) is 1. The molecule has 0 aromatic heterocycles. The van der Waals surface area contributed by atoms with Gasteiger partial charge in [0.2, 0.25) is 5.91 Å². The molecular weight excluding hydrogens is 384 g/mol. The van der Waals surface area contributed by atoms with E-state index in [2.05, 4.69) is 12.2 Å². The number of rotatable bonds is 10. The number of hydrogen-bond acceptors (Lipinski definition) is 5. The lowest BCUT2D eigenvalue weighted by Crippen LogP contribution is -2.45. The van der Waals surface area contributed by atoms with Crippen molar-refractivity contribution >= 4 is 12.0 Å². The van der Waals surface area contributed by atoms with Crippen molar-refractivity contribution in [3.63, 3.8) is 0 Å². The first-order valence-electron chi connectivity index (χ1n) is 10.4. The van der Waals surface area contributed by atoms with E-state index in [0.717, 1.165) is 12.0 Å². The Morgan fingerprint density at radius 3 is 2.23 bits per heavy atom. The van der Waals surface area contributed by atoms with Crippen LogP contribution in [0.4, 0.5) is 4.79 Å². The molecule has 7 heteroatoms. The van der Waals surface area contributed by atoms with Crippen LogP contribution in [-0.2, 0) is 16.0 Å². The van der Waals surface area contributed by atoms with E-state index in [1.54, 1.807) is 14.2 Å². The topological polar surface area (TPSA) is 77.1 Å². The van der Waals surface area contributed by atoms with Gasteiger partial charge in [-0.15, -0.1) is 0 Å². The van der Waals surface area contributed by atoms with Gasteiger partial charge in [-0.1, -0.05) is 26.8 Å². The van der Waals surface area contributed by atoms with E-state index >= 15 is 0 Å². The molecule has 0 fully saturated rings. The maximum atomic E-state index is 12.4. The second-order valence-electron chi connectivity index (χ2n) is 9.06. The molecule has 0 aliphatic rings. The van der Waals surface area contributed by atoms with Crippen LogP contribution >= 0.6 is 0 Å². The van der Waals surface area contributed by atoms with Crippen molar-refractivity contribution in [2.75, 3.05) is 33.9 Å². The third-order valence-electron chi connectivity index (χ3n) is 4.25. The lowest BCUT2D eigenvalue weighted by molar-refractivity contribution is -0.122. The average molecular weight is 423 g/mol. The van der Waals surface area contributed by atoms with Gasteiger partial charge in [0, 0.05) is 13.1 Å². The second kappa shape index (κ2) is 11.7. The highest BCUT2D eigenvalue weighted by Crippen LogP contribution is 2.28. The molecule has 2 amide bonds. The normalized spacial score (nSPS) is 12.3. The number of carbonyl (C=O) groups is 2. The molecule has 1 N–H and O–H groups in total. The standard InChI is InChI=1S/C23H38N2O5/c1-16(2)14-25(22(27)30-23(4,5)6)15-21(26)24-13-17(3)11-18-9-10-19(28-7)20(12-18)29-8/h9-10,12,16-17H,11,13-15H2,1-8H3,(H,24,26)/t17-/m0/s1. The van der Waals surface area contributed by atoms with Crippen LogP contribution in [0.25, 0.3) is 0 Å². The Morgan fingerprint density at radius 2 is 1.70 bits per heavy atom. The number of ether oxygens (including phenoxy) is 3. The molecule has 0 spiro atoms. The number of amides is 2. The van der Waals surface area contributed by atoms with Crippen molar-refractivity contribution in [3.05, 3.63) is 23.8 Å². The van der Waals surface area contributed by atoms with E-state index in [-0.39, 0.29) is 24.3 Å². The zero-order valence-corrected chi connectivity index (χ0v) is 19.7. The fourth-order valence-electron chi connectivity index (χ4n) is 2.97. The molecule has 0 unspecified atom stereocenters. The summed E-state index contributed by atoms with van der Waals surface area (Å²) in [5.74, 6) is 1.63. The van der Waals surface area contributed by atoms with Crippen LogP contribution in [0.15, 0.2) is 18.2 Å². The number of nitrogens with one attached hydrogen (secondary N) is 1. The van der Waals surface area contributed by atoms with E-state index < -0.39 is 11.7 Å². The Balaban J connectivity index is 2.61. The lowest BCUT2D eigenvalue weighted by Gasteiger charge is -2.28. The highest BCUT2D eigenvalue weighted by molar-refractivity contribution is 5.82. The first-order chi connectivity index (χ1) is 13.9. The largest absolute Gasteiger partial charge is 0.493 e.